The summed E-state index contributed by atoms with van der Waals surface area (Å²) in [4.78, 5) is 13.9. The molecule has 0 spiro atoms. The second kappa shape index (κ2) is 6.85. The number of hydrazone groups is 1. The number of rotatable bonds is 5. The summed E-state index contributed by atoms with van der Waals surface area (Å²) in [6.07, 6.45) is 3.88. The van der Waals surface area contributed by atoms with E-state index in [0.29, 0.717) is 11.6 Å². The van der Waals surface area contributed by atoms with Gasteiger partial charge in [-0.2, -0.15) is 5.10 Å². The number of hydrogen-bond donors (Lipinski definition) is 0. The number of amides is 1. The Morgan fingerprint density at radius 1 is 1.44 bits per heavy atom. The molecule has 9 heteroatoms. The zero-order chi connectivity index (χ0) is 17.2. The molecule has 4 rings (SSSR count). The van der Waals surface area contributed by atoms with Crippen LogP contribution in [0.15, 0.2) is 56.9 Å². The molecule has 1 unspecified atom stereocenters. The van der Waals surface area contributed by atoms with E-state index in [-0.39, 0.29) is 17.7 Å². The summed E-state index contributed by atoms with van der Waals surface area (Å²) in [6, 6.07) is 7.51. The van der Waals surface area contributed by atoms with Gasteiger partial charge in [0.1, 0.15) is 18.1 Å². The zero-order valence-corrected chi connectivity index (χ0v) is 15.0. The number of thiophene rings is 1. The first kappa shape index (κ1) is 16.1. The summed E-state index contributed by atoms with van der Waals surface area (Å²) < 4.78 is 7.32. The molecule has 0 aromatic carbocycles. The lowest BCUT2D eigenvalue weighted by atomic mass is 10.1. The van der Waals surface area contributed by atoms with Crippen LogP contribution in [0.2, 0.25) is 0 Å². The van der Waals surface area contributed by atoms with Gasteiger partial charge < -0.3 is 8.98 Å². The second-order valence-corrected chi connectivity index (χ2v) is 7.40. The molecule has 1 atom stereocenters. The molecule has 0 bridgehead atoms. The zero-order valence-electron chi connectivity index (χ0n) is 13.4. The number of aryl methyl sites for hydroxylation is 1. The minimum atomic E-state index is -0.209. The largest absolute Gasteiger partial charge is 0.467 e. The van der Waals surface area contributed by atoms with Crippen LogP contribution in [-0.4, -0.2) is 37.1 Å². The van der Waals surface area contributed by atoms with Gasteiger partial charge in [0, 0.05) is 13.5 Å². The third-order valence-corrected chi connectivity index (χ3v) is 5.78. The molecule has 0 saturated heterocycles. The van der Waals surface area contributed by atoms with E-state index < -0.39 is 0 Å². The topological polar surface area (TPSA) is 76.5 Å². The minimum absolute atomic E-state index is 0.0824. The van der Waals surface area contributed by atoms with Gasteiger partial charge in [-0.05, 0) is 23.6 Å². The Kier molecular flexibility index (Phi) is 4.41. The summed E-state index contributed by atoms with van der Waals surface area (Å²) in [7, 11) is 1.85. The van der Waals surface area contributed by atoms with Crippen LogP contribution < -0.4 is 0 Å². The molecule has 128 valence electrons. The monoisotopic (exact) mass is 373 g/mol. The van der Waals surface area contributed by atoms with Crippen LogP contribution in [0.1, 0.15) is 23.1 Å². The van der Waals surface area contributed by atoms with Crippen LogP contribution in [0, 0.1) is 0 Å². The number of hydrogen-bond acceptors (Lipinski definition) is 7. The number of carbonyl (C=O) groups is 1. The first-order valence-corrected chi connectivity index (χ1v) is 9.52. The summed E-state index contributed by atoms with van der Waals surface area (Å²) in [5.74, 6) is 0.901. The number of nitrogens with zero attached hydrogens (tertiary/aromatic N) is 5. The predicted molar refractivity (Wildman–Crippen MR) is 95.5 cm³/mol. The van der Waals surface area contributed by atoms with Crippen LogP contribution in [0.5, 0.6) is 0 Å². The Balaban J connectivity index is 1.55. The van der Waals surface area contributed by atoms with Crippen LogP contribution in [0.4, 0.5) is 0 Å². The average molecular weight is 373 g/mol. The van der Waals surface area contributed by atoms with E-state index in [9.17, 15) is 4.79 Å². The molecule has 25 heavy (non-hydrogen) atoms. The van der Waals surface area contributed by atoms with Crippen molar-refractivity contribution in [2.24, 2.45) is 12.1 Å². The van der Waals surface area contributed by atoms with E-state index in [4.69, 9.17) is 4.42 Å². The Hall–Kier alpha value is -2.39. The van der Waals surface area contributed by atoms with Crippen LogP contribution in [0.3, 0.4) is 0 Å². The minimum Gasteiger partial charge on any atom is -0.467 e. The standard InChI is InChI=1S/C16H15N5O2S2/c1-20-10-17-18-16(20)25-9-15(22)21-12(13-4-2-6-23-13)8-11(19-21)14-5-3-7-24-14/h2-7,10,12H,8-9H2,1H3. The molecule has 0 aliphatic carbocycles. The number of thioether (sulfide) groups is 1. The van der Waals surface area contributed by atoms with Crippen molar-refractivity contribution < 1.29 is 9.21 Å². The first-order valence-electron chi connectivity index (χ1n) is 7.66. The normalized spacial score (nSPS) is 17.1. The van der Waals surface area contributed by atoms with Gasteiger partial charge in [-0.1, -0.05) is 17.8 Å². The summed E-state index contributed by atoms with van der Waals surface area (Å²) in [5.41, 5.74) is 0.911. The molecule has 0 fully saturated rings. The first-order chi connectivity index (χ1) is 12.2. The maximum absolute atomic E-state index is 12.8. The third-order valence-electron chi connectivity index (χ3n) is 3.84. The Bertz CT molecular complexity index is 886. The average Bonchev–Trinajstić information content (AvgIpc) is 3.38. The van der Waals surface area contributed by atoms with Crippen LogP contribution in [-0.2, 0) is 11.8 Å². The SMILES string of the molecule is Cn1cnnc1SCC(=O)N1N=C(c2cccs2)CC1c1ccco1. The lowest BCUT2D eigenvalue weighted by Gasteiger charge is -2.19. The number of carbonyl (C=O) groups excluding carboxylic acids is 1. The molecule has 0 saturated carbocycles. The number of furan rings is 1. The molecular formula is C16H15N5O2S2. The molecule has 0 N–H and O–H groups in total. The van der Waals surface area contributed by atoms with Gasteiger partial charge in [-0.25, -0.2) is 5.01 Å². The summed E-state index contributed by atoms with van der Waals surface area (Å²) >= 11 is 2.97. The van der Waals surface area contributed by atoms with Gasteiger partial charge >= 0.3 is 0 Å². The van der Waals surface area contributed by atoms with E-state index in [1.807, 2.05) is 36.7 Å². The Morgan fingerprint density at radius 3 is 3.04 bits per heavy atom. The van der Waals surface area contributed by atoms with E-state index in [0.717, 1.165) is 16.3 Å². The van der Waals surface area contributed by atoms with E-state index in [1.165, 1.54) is 16.8 Å². The molecule has 7 nitrogen and oxygen atoms in total. The van der Waals surface area contributed by atoms with Crippen molar-refractivity contribution in [3.8, 4) is 0 Å². The lowest BCUT2D eigenvalue weighted by Crippen LogP contribution is -2.28. The van der Waals surface area contributed by atoms with E-state index in [1.54, 1.807) is 28.5 Å². The van der Waals surface area contributed by atoms with Gasteiger partial charge in [-0.3, -0.25) is 4.79 Å². The molecule has 3 aromatic rings. The summed E-state index contributed by atoms with van der Waals surface area (Å²) in [6.45, 7) is 0. The highest BCUT2D eigenvalue weighted by molar-refractivity contribution is 7.99. The van der Waals surface area contributed by atoms with E-state index in [2.05, 4.69) is 15.3 Å². The van der Waals surface area contributed by atoms with Crippen molar-refractivity contribution in [2.75, 3.05) is 5.75 Å². The fourth-order valence-electron chi connectivity index (χ4n) is 2.63. The van der Waals surface area contributed by atoms with Gasteiger partial charge in [0.05, 0.1) is 22.6 Å². The van der Waals surface area contributed by atoms with Crippen molar-refractivity contribution in [3.63, 3.8) is 0 Å². The van der Waals surface area contributed by atoms with E-state index >= 15 is 0 Å². The van der Waals surface area contributed by atoms with Crippen molar-refractivity contribution in [2.45, 2.75) is 17.6 Å². The van der Waals surface area contributed by atoms with Gasteiger partial charge in [0.15, 0.2) is 5.16 Å². The van der Waals surface area contributed by atoms with Crippen LogP contribution in [0.25, 0.3) is 0 Å². The maximum Gasteiger partial charge on any atom is 0.253 e. The number of aromatic nitrogens is 3. The molecule has 0 radical (unpaired) electrons. The van der Waals surface area contributed by atoms with Crippen molar-refractivity contribution in [1.82, 2.24) is 19.8 Å². The second-order valence-electron chi connectivity index (χ2n) is 5.51. The van der Waals surface area contributed by atoms with Gasteiger partial charge in [0.25, 0.3) is 5.91 Å². The van der Waals surface area contributed by atoms with Crippen LogP contribution >= 0.6 is 23.1 Å². The van der Waals surface area contributed by atoms with Gasteiger partial charge in [-0.15, -0.1) is 21.5 Å². The smallest absolute Gasteiger partial charge is 0.253 e. The van der Waals surface area contributed by atoms with Gasteiger partial charge in [0.2, 0.25) is 0 Å². The Morgan fingerprint density at radius 2 is 2.36 bits per heavy atom. The molecule has 1 aliphatic heterocycles. The third kappa shape index (κ3) is 3.24. The molecule has 1 amide bonds. The molecular weight excluding hydrogens is 358 g/mol. The summed E-state index contributed by atoms with van der Waals surface area (Å²) in [5, 5.41) is 16.6. The fraction of sp³-hybridized carbons (Fsp3) is 0.250. The fourth-order valence-corrected chi connectivity index (χ4v) is 4.09. The highest BCUT2D eigenvalue weighted by atomic mass is 32.2. The lowest BCUT2D eigenvalue weighted by molar-refractivity contribution is -0.130. The van der Waals surface area contributed by atoms with Crippen molar-refractivity contribution in [3.05, 3.63) is 52.9 Å². The molecule has 3 aromatic heterocycles. The maximum atomic E-state index is 12.8. The van der Waals surface area contributed by atoms with Crippen molar-refractivity contribution in [1.29, 1.82) is 0 Å². The Labute approximate surface area is 152 Å². The highest BCUT2D eigenvalue weighted by Crippen LogP contribution is 2.34. The predicted octanol–water partition coefficient (Wildman–Crippen LogP) is 2.94. The highest BCUT2D eigenvalue weighted by Gasteiger charge is 2.35. The molecule has 4 heterocycles. The molecule has 1 aliphatic rings. The van der Waals surface area contributed by atoms with Crippen molar-refractivity contribution >= 4 is 34.7 Å². The quantitative estimate of drug-likeness (QED) is 0.643.